The van der Waals surface area contributed by atoms with Crippen molar-refractivity contribution < 1.29 is 14.3 Å². The summed E-state index contributed by atoms with van der Waals surface area (Å²) >= 11 is 11.8. The molecule has 0 atom stereocenters. The van der Waals surface area contributed by atoms with Crippen LogP contribution in [0.5, 0.6) is 0 Å². The Hall–Kier alpha value is -2.30. The molecule has 0 N–H and O–H groups in total. The van der Waals surface area contributed by atoms with Gasteiger partial charge in [-0.3, -0.25) is 4.79 Å². The number of carbonyl (C=O) groups is 2. The summed E-state index contributed by atoms with van der Waals surface area (Å²) in [5.74, 6) is -1.18. The molecular weight excluding hydrogens is 349 g/mol. The molecule has 2 aromatic carbocycles. The first-order valence-electron chi connectivity index (χ1n) is 7.03. The highest BCUT2D eigenvalue weighted by molar-refractivity contribution is 6.42. The maximum atomic E-state index is 12.6. The van der Waals surface area contributed by atoms with Crippen LogP contribution in [0.2, 0.25) is 10.0 Å². The number of hydrogen-bond acceptors (Lipinski definition) is 4. The van der Waals surface area contributed by atoms with Crippen molar-refractivity contribution in [3.8, 4) is 0 Å². The van der Waals surface area contributed by atoms with Gasteiger partial charge in [-0.15, -0.1) is 0 Å². The van der Waals surface area contributed by atoms with Gasteiger partial charge in [0, 0.05) is 25.9 Å². The predicted molar refractivity (Wildman–Crippen MR) is 94.4 cm³/mol. The van der Waals surface area contributed by atoms with Crippen LogP contribution >= 0.6 is 23.2 Å². The Morgan fingerprint density at radius 2 is 1.62 bits per heavy atom. The Bertz CT molecular complexity index is 786. The highest BCUT2D eigenvalue weighted by Crippen LogP contribution is 2.24. The fourth-order valence-corrected chi connectivity index (χ4v) is 2.18. The second-order valence-corrected chi connectivity index (χ2v) is 5.98. The molecule has 0 heterocycles. The largest absolute Gasteiger partial charge is 0.417 e. The summed E-state index contributed by atoms with van der Waals surface area (Å²) in [6.07, 6.45) is 1.44. The lowest BCUT2D eigenvalue weighted by atomic mass is 10.1. The van der Waals surface area contributed by atoms with Gasteiger partial charge in [-0.25, -0.2) is 4.79 Å². The molecule has 0 aliphatic carbocycles. The van der Waals surface area contributed by atoms with E-state index in [2.05, 4.69) is 0 Å². The second kappa shape index (κ2) is 7.99. The molecule has 0 saturated heterocycles. The van der Waals surface area contributed by atoms with Crippen molar-refractivity contribution >= 4 is 35.0 Å². The van der Waals surface area contributed by atoms with E-state index in [1.165, 1.54) is 24.4 Å². The number of carbonyl (C=O) groups excluding carboxylic acids is 2. The summed E-state index contributed by atoms with van der Waals surface area (Å²) in [5, 5.41) is 0.591. The molecule has 0 unspecified atom stereocenters. The Balaban J connectivity index is 2.30. The Morgan fingerprint density at radius 3 is 2.21 bits per heavy atom. The second-order valence-electron chi connectivity index (χ2n) is 5.17. The first-order valence-corrected chi connectivity index (χ1v) is 7.79. The molecule has 0 radical (unpaired) electrons. The van der Waals surface area contributed by atoms with Crippen LogP contribution in [0.15, 0.2) is 60.5 Å². The molecule has 24 heavy (non-hydrogen) atoms. The number of benzene rings is 2. The molecule has 4 nitrogen and oxygen atoms in total. The molecule has 2 aromatic rings. The third kappa shape index (κ3) is 4.60. The third-order valence-electron chi connectivity index (χ3n) is 2.99. The van der Waals surface area contributed by atoms with Crippen molar-refractivity contribution in [1.82, 2.24) is 4.90 Å². The number of nitrogens with zero attached hydrogens (tertiary/aromatic N) is 1. The van der Waals surface area contributed by atoms with Crippen molar-refractivity contribution in [3.05, 3.63) is 81.7 Å². The van der Waals surface area contributed by atoms with Gasteiger partial charge in [0.25, 0.3) is 0 Å². The molecule has 0 aliphatic heterocycles. The van der Waals surface area contributed by atoms with Gasteiger partial charge < -0.3 is 9.64 Å². The SMILES string of the molecule is CN(C)/C=C(\OC(=O)c1ccccc1)C(=O)c1ccc(Cl)c(Cl)c1. The monoisotopic (exact) mass is 363 g/mol. The summed E-state index contributed by atoms with van der Waals surface area (Å²) in [7, 11) is 3.44. The molecule has 0 aromatic heterocycles. The van der Waals surface area contributed by atoms with Crippen LogP contribution in [0.3, 0.4) is 0 Å². The van der Waals surface area contributed by atoms with Crippen molar-refractivity contribution in [2.75, 3.05) is 14.1 Å². The lowest BCUT2D eigenvalue weighted by molar-refractivity contribution is 0.0583. The number of allylic oxidation sites excluding steroid dienone is 1. The fraction of sp³-hybridized carbons (Fsp3) is 0.111. The van der Waals surface area contributed by atoms with Gasteiger partial charge in [-0.2, -0.15) is 0 Å². The minimum Gasteiger partial charge on any atom is -0.417 e. The van der Waals surface area contributed by atoms with Crippen LogP contribution in [0.4, 0.5) is 0 Å². The van der Waals surface area contributed by atoms with Gasteiger partial charge in [-0.05, 0) is 30.3 Å². The van der Waals surface area contributed by atoms with E-state index < -0.39 is 11.8 Å². The molecule has 0 saturated carbocycles. The maximum Gasteiger partial charge on any atom is 0.343 e. The summed E-state index contributed by atoms with van der Waals surface area (Å²) in [4.78, 5) is 26.5. The van der Waals surface area contributed by atoms with Gasteiger partial charge in [0.2, 0.25) is 5.78 Å². The van der Waals surface area contributed by atoms with Crippen LogP contribution in [0, 0.1) is 0 Å². The van der Waals surface area contributed by atoms with Gasteiger partial charge in [0.05, 0.1) is 15.6 Å². The number of Topliss-reactive ketones (excluding diaryl/α,β-unsaturated/α-hetero) is 1. The third-order valence-corrected chi connectivity index (χ3v) is 3.73. The molecule has 0 bridgehead atoms. The minimum atomic E-state index is -0.614. The smallest absolute Gasteiger partial charge is 0.343 e. The average molecular weight is 364 g/mol. The fourth-order valence-electron chi connectivity index (χ4n) is 1.88. The molecule has 0 aliphatic rings. The Labute approximate surface area is 150 Å². The van der Waals surface area contributed by atoms with Crippen molar-refractivity contribution in [2.45, 2.75) is 0 Å². The zero-order valence-electron chi connectivity index (χ0n) is 13.1. The number of ether oxygens (including phenoxy) is 1. The van der Waals surface area contributed by atoms with Crippen molar-refractivity contribution in [2.24, 2.45) is 0 Å². The van der Waals surface area contributed by atoms with Crippen LogP contribution in [-0.2, 0) is 4.74 Å². The molecule has 124 valence electrons. The highest BCUT2D eigenvalue weighted by Gasteiger charge is 2.20. The van der Waals surface area contributed by atoms with E-state index in [0.29, 0.717) is 10.6 Å². The number of halogens is 2. The van der Waals surface area contributed by atoms with Gasteiger partial charge in [0.1, 0.15) is 0 Å². The van der Waals surface area contributed by atoms with Crippen LogP contribution < -0.4 is 0 Å². The standard InChI is InChI=1S/C18H15Cl2NO3/c1-21(2)11-16(24-18(23)12-6-4-3-5-7-12)17(22)13-8-9-14(19)15(20)10-13/h3-11H,1-2H3/b16-11-. The molecular formula is C18H15Cl2NO3. The van der Waals surface area contributed by atoms with Gasteiger partial charge in [0.15, 0.2) is 5.76 Å². The first kappa shape index (κ1) is 18.0. The van der Waals surface area contributed by atoms with Crippen LogP contribution in [0.1, 0.15) is 20.7 Å². The van der Waals surface area contributed by atoms with E-state index in [1.807, 2.05) is 0 Å². The number of esters is 1. The van der Waals surface area contributed by atoms with E-state index in [-0.39, 0.29) is 16.3 Å². The maximum absolute atomic E-state index is 12.6. The lowest BCUT2D eigenvalue weighted by Gasteiger charge is -2.12. The van der Waals surface area contributed by atoms with Crippen LogP contribution in [-0.4, -0.2) is 30.7 Å². The van der Waals surface area contributed by atoms with E-state index in [9.17, 15) is 9.59 Å². The molecule has 0 amide bonds. The average Bonchev–Trinajstić information content (AvgIpc) is 2.56. The van der Waals surface area contributed by atoms with E-state index in [0.717, 1.165) is 0 Å². The van der Waals surface area contributed by atoms with Crippen LogP contribution in [0.25, 0.3) is 0 Å². The first-order chi connectivity index (χ1) is 11.4. The lowest BCUT2D eigenvalue weighted by Crippen LogP contribution is -2.16. The van der Waals surface area contributed by atoms with E-state index >= 15 is 0 Å². The van der Waals surface area contributed by atoms with Gasteiger partial charge in [-0.1, -0.05) is 41.4 Å². The van der Waals surface area contributed by atoms with Gasteiger partial charge >= 0.3 is 5.97 Å². The molecule has 0 fully saturated rings. The minimum absolute atomic E-state index is 0.104. The quantitative estimate of drug-likeness (QED) is 0.341. The van der Waals surface area contributed by atoms with Crippen molar-refractivity contribution in [3.63, 3.8) is 0 Å². The van der Waals surface area contributed by atoms with E-state index in [1.54, 1.807) is 49.3 Å². The topological polar surface area (TPSA) is 46.6 Å². The number of rotatable bonds is 5. The zero-order chi connectivity index (χ0) is 17.7. The molecule has 0 spiro atoms. The Kier molecular flexibility index (Phi) is 6.01. The molecule has 6 heteroatoms. The summed E-state index contributed by atoms with van der Waals surface area (Å²) in [6, 6.07) is 12.9. The summed E-state index contributed by atoms with van der Waals surface area (Å²) in [5.41, 5.74) is 0.627. The highest BCUT2D eigenvalue weighted by atomic mass is 35.5. The number of ketones is 1. The normalized spacial score (nSPS) is 11.1. The summed E-state index contributed by atoms with van der Waals surface area (Å²) < 4.78 is 5.29. The zero-order valence-corrected chi connectivity index (χ0v) is 14.6. The van der Waals surface area contributed by atoms with E-state index in [4.69, 9.17) is 27.9 Å². The Morgan fingerprint density at radius 1 is 0.958 bits per heavy atom. The predicted octanol–water partition coefficient (Wildman–Crippen LogP) is 4.44. The number of hydrogen-bond donors (Lipinski definition) is 0. The molecule has 2 rings (SSSR count). The summed E-state index contributed by atoms with van der Waals surface area (Å²) in [6.45, 7) is 0. The van der Waals surface area contributed by atoms with Crippen molar-refractivity contribution in [1.29, 1.82) is 0 Å².